The van der Waals surface area contributed by atoms with Crippen LogP contribution >= 0.6 is 23.5 Å². The molecule has 0 spiro atoms. The Labute approximate surface area is 214 Å². The van der Waals surface area contributed by atoms with Crippen molar-refractivity contribution in [2.45, 2.75) is 19.6 Å². The van der Waals surface area contributed by atoms with Crippen molar-refractivity contribution in [3.63, 3.8) is 0 Å². The molecular formula is C31H22N2S2. The fraction of sp³-hybridized carbons (Fsp3) is 0.0323. The minimum atomic E-state index is 1.18. The largest absolute Gasteiger partial charge is 0.343 e. The summed E-state index contributed by atoms with van der Waals surface area (Å²) in [4.78, 5) is 9.82. The molecule has 0 N–H and O–H groups in total. The summed E-state index contributed by atoms with van der Waals surface area (Å²) in [6, 6.07) is 41.7. The van der Waals surface area contributed by atoms with Gasteiger partial charge in [0.25, 0.3) is 0 Å². The molecule has 2 heterocycles. The third-order valence-corrected chi connectivity index (χ3v) is 8.87. The first-order valence-corrected chi connectivity index (χ1v) is 13.3. The number of para-hydroxylation sites is 3. The van der Waals surface area contributed by atoms with Gasteiger partial charge in [-0.25, -0.2) is 0 Å². The first-order chi connectivity index (χ1) is 17.3. The molecule has 0 saturated carbocycles. The lowest BCUT2D eigenvalue weighted by molar-refractivity contribution is 1.11. The van der Waals surface area contributed by atoms with Gasteiger partial charge in [0, 0.05) is 32.3 Å². The number of nitrogens with zero attached hydrogens (tertiary/aromatic N) is 2. The molecule has 0 saturated heterocycles. The molecule has 2 aliphatic rings. The maximum absolute atomic E-state index is 2.37. The third-order valence-electron chi connectivity index (χ3n) is 6.64. The van der Waals surface area contributed by atoms with E-state index in [2.05, 4.69) is 132 Å². The maximum Gasteiger partial charge on any atom is 0.0602 e. The second-order valence-electron chi connectivity index (χ2n) is 8.73. The monoisotopic (exact) mass is 486 g/mol. The van der Waals surface area contributed by atoms with E-state index in [0.29, 0.717) is 0 Å². The van der Waals surface area contributed by atoms with E-state index >= 15 is 0 Å². The predicted octanol–water partition coefficient (Wildman–Crippen LogP) is 9.52. The molecular weight excluding hydrogens is 464 g/mol. The minimum absolute atomic E-state index is 1.18. The number of hydrogen-bond donors (Lipinski definition) is 0. The number of rotatable bonds is 2. The molecule has 35 heavy (non-hydrogen) atoms. The van der Waals surface area contributed by atoms with Crippen LogP contribution in [0, 0.1) is 0 Å². The summed E-state index contributed by atoms with van der Waals surface area (Å²) in [5.41, 5.74) is 8.66. The van der Waals surface area contributed by atoms with E-state index in [1.54, 1.807) is 0 Å². The van der Waals surface area contributed by atoms with Crippen molar-refractivity contribution in [1.29, 1.82) is 0 Å². The second-order valence-corrected chi connectivity index (χ2v) is 10.9. The molecule has 7 rings (SSSR count). The lowest BCUT2D eigenvalue weighted by Crippen LogP contribution is -2.15. The Kier molecular flexibility index (Phi) is 4.90. The van der Waals surface area contributed by atoms with Crippen molar-refractivity contribution in [2.24, 2.45) is 0 Å². The molecule has 0 radical (unpaired) electrons. The lowest BCUT2D eigenvalue weighted by Gasteiger charge is -2.33. The van der Waals surface area contributed by atoms with Gasteiger partial charge in [0.15, 0.2) is 0 Å². The van der Waals surface area contributed by atoms with Gasteiger partial charge < -0.3 is 9.80 Å². The van der Waals surface area contributed by atoms with Crippen molar-refractivity contribution in [2.75, 3.05) is 16.8 Å². The lowest BCUT2D eigenvalue weighted by atomic mass is 10.0. The Morgan fingerprint density at radius 3 is 1.66 bits per heavy atom. The van der Waals surface area contributed by atoms with Crippen molar-refractivity contribution >= 4 is 52.0 Å². The van der Waals surface area contributed by atoms with Crippen LogP contribution in [0.4, 0.5) is 28.4 Å². The van der Waals surface area contributed by atoms with Gasteiger partial charge in [-0.05, 0) is 71.8 Å². The van der Waals surface area contributed by atoms with Crippen LogP contribution < -0.4 is 9.80 Å². The SMILES string of the molecule is CN1c2ccccc2Sc2cc(-c3ccc4c(c3)Sc3ccccc3N4c3ccccc3)ccc21. The van der Waals surface area contributed by atoms with Gasteiger partial charge in [0.1, 0.15) is 0 Å². The van der Waals surface area contributed by atoms with Gasteiger partial charge in [-0.3, -0.25) is 0 Å². The molecule has 4 heteroatoms. The van der Waals surface area contributed by atoms with Crippen LogP contribution in [0.15, 0.2) is 135 Å². The summed E-state index contributed by atoms with van der Waals surface area (Å²) in [7, 11) is 2.15. The summed E-state index contributed by atoms with van der Waals surface area (Å²) in [6.45, 7) is 0. The van der Waals surface area contributed by atoms with Crippen molar-refractivity contribution in [1.82, 2.24) is 0 Å². The molecule has 0 amide bonds. The molecule has 5 aromatic rings. The molecule has 0 bridgehead atoms. The van der Waals surface area contributed by atoms with Gasteiger partial charge in [-0.1, -0.05) is 78.1 Å². The Morgan fingerprint density at radius 1 is 0.457 bits per heavy atom. The normalized spacial score (nSPS) is 13.5. The molecule has 0 aliphatic carbocycles. The molecule has 0 unspecified atom stereocenters. The third kappa shape index (κ3) is 3.44. The van der Waals surface area contributed by atoms with E-state index in [0.717, 1.165) is 0 Å². The van der Waals surface area contributed by atoms with E-state index in [9.17, 15) is 0 Å². The number of anilines is 5. The van der Waals surface area contributed by atoms with Crippen LogP contribution in [0.1, 0.15) is 0 Å². The van der Waals surface area contributed by atoms with Crippen LogP contribution in [0.2, 0.25) is 0 Å². The maximum atomic E-state index is 2.37. The topological polar surface area (TPSA) is 6.48 Å². The molecule has 168 valence electrons. The molecule has 5 aromatic carbocycles. The van der Waals surface area contributed by atoms with Crippen molar-refractivity contribution in [3.05, 3.63) is 115 Å². The standard InChI is InChI=1S/C31H22N2S2/c1-32-24-11-5-7-13-28(24)34-30-19-21(15-17-25(30)32)22-16-18-27-31(20-22)35-29-14-8-6-12-26(29)33(27)23-9-3-2-4-10-23/h2-20H,1H3. The Hall–Kier alpha value is -3.60. The molecule has 2 nitrogen and oxygen atoms in total. The first-order valence-electron chi connectivity index (χ1n) is 11.7. The molecule has 2 aliphatic heterocycles. The van der Waals surface area contributed by atoms with E-state index < -0.39 is 0 Å². The second kappa shape index (κ2) is 8.26. The van der Waals surface area contributed by atoms with E-state index in [1.807, 2.05) is 23.5 Å². The highest BCUT2D eigenvalue weighted by Crippen LogP contribution is 2.53. The van der Waals surface area contributed by atoms with Gasteiger partial charge in [-0.2, -0.15) is 0 Å². The fourth-order valence-corrected chi connectivity index (χ4v) is 7.20. The van der Waals surface area contributed by atoms with E-state index in [4.69, 9.17) is 0 Å². The van der Waals surface area contributed by atoms with Gasteiger partial charge in [0.05, 0.1) is 22.7 Å². The number of fused-ring (bicyclic) bond motifs is 4. The first kappa shape index (κ1) is 20.7. The zero-order valence-corrected chi connectivity index (χ0v) is 20.8. The summed E-state index contributed by atoms with van der Waals surface area (Å²) >= 11 is 3.71. The van der Waals surface area contributed by atoms with Crippen LogP contribution in [0.5, 0.6) is 0 Å². The summed E-state index contributed by atoms with van der Waals surface area (Å²) in [5.74, 6) is 0. The predicted molar refractivity (Wildman–Crippen MR) is 149 cm³/mol. The average molecular weight is 487 g/mol. The number of benzene rings is 5. The van der Waals surface area contributed by atoms with E-state index in [-0.39, 0.29) is 0 Å². The molecule has 0 aromatic heterocycles. The fourth-order valence-electron chi connectivity index (χ4n) is 4.91. The van der Waals surface area contributed by atoms with Gasteiger partial charge in [-0.15, -0.1) is 0 Å². The van der Waals surface area contributed by atoms with Crippen LogP contribution in [-0.4, -0.2) is 7.05 Å². The average Bonchev–Trinajstić information content (AvgIpc) is 2.92. The Balaban J connectivity index is 1.31. The van der Waals surface area contributed by atoms with Gasteiger partial charge >= 0.3 is 0 Å². The summed E-state index contributed by atoms with van der Waals surface area (Å²) in [5, 5.41) is 0. The highest BCUT2D eigenvalue weighted by molar-refractivity contribution is 8.00. The highest BCUT2D eigenvalue weighted by Gasteiger charge is 2.25. The summed E-state index contributed by atoms with van der Waals surface area (Å²) in [6.07, 6.45) is 0. The number of hydrogen-bond acceptors (Lipinski definition) is 4. The quantitative estimate of drug-likeness (QED) is 0.240. The highest BCUT2D eigenvalue weighted by atomic mass is 32.2. The minimum Gasteiger partial charge on any atom is -0.343 e. The zero-order valence-electron chi connectivity index (χ0n) is 19.2. The van der Waals surface area contributed by atoms with Crippen molar-refractivity contribution < 1.29 is 0 Å². The smallest absolute Gasteiger partial charge is 0.0602 e. The Morgan fingerprint density at radius 2 is 0.943 bits per heavy atom. The summed E-state index contributed by atoms with van der Waals surface area (Å²) < 4.78 is 0. The van der Waals surface area contributed by atoms with E-state index in [1.165, 1.54) is 59.1 Å². The van der Waals surface area contributed by atoms with Crippen LogP contribution in [0.3, 0.4) is 0 Å². The van der Waals surface area contributed by atoms with Crippen LogP contribution in [-0.2, 0) is 0 Å². The van der Waals surface area contributed by atoms with Crippen LogP contribution in [0.25, 0.3) is 11.1 Å². The Bertz CT molecular complexity index is 1580. The molecule has 0 fully saturated rings. The van der Waals surface area contributed by atoms with Crippen molar-refractivity contribution in [3.8, 4) is 11.1 Å². The molecule has 0 atom stereocenters. The zero-order chi connectivity index (χ0) is 23.4. The van der Waals surface area contributed by atoms with Gasteiger partial charge in [0.2, 0.25) is 0 Å².